The van der Waals surface area contributed by atoms with Crippen molar-refractivity contribution in [1.29, 1.82) is 0 Å². The van der Waals surface area contributed by atoms with Crippen LogP contribution in [0.2, 0.25) is 0 Å². The largest absolute Gasteiger partial charge is 0.326 e. The first kappa shape index (κ1) is 20.8. The smallest absolute Gasteiger partial charge is 0.294 e. The number of imide groups is 1. The molecule has 1 aromatic rings. The van der Waals surface area contributed by atoms with E-state index in [0.717, 1.165) is 30.5 Å². The fourth-order valence-electron chi connectivity index (χ4n) is 5.78. The fraction of sp³-hybridized carbons (Fsp3) is 0.542. The number of carbonyl (C=O) groups is 3. The summed E-state index contributed by atoms with van der Waals surface area (Å²) >= 11 is 0. The standard InChI is InChI=1S/C24H31N3O3/c1-5-7-13-27-21(28)19-17(14-15(3)4)25-24(20(19)22(27)29)16-10-8-9-11-18(16)26(12-6-2)23(24)30/h6,8-11,15,17,19-20,25H,2,5,7,12-14H2,1,3-4H3/p+1/t17-,19+,20-,24+/m0/s1. The molecule has 0 bridgehead atoms. The van der Waals surface area contributed by atoms with Crippen LogP contribution in [0.25, 0.3) is 0 Å². The average molecular weight is 411 g/mol. The highest BCUT2D eigenvalue weighted by Gasteiger charge is 2.75. The van der Waals surface area contributed by atoms with Gasteiger partial charge in [0.05, 0.1) is 5.69 Å². The average Bonchev–Trinajstić information content (AvgIpc) is 3.26. The molecule has 1 aromatic carbocycles. The number of fused-ring (bicyclic) bond motifs is 4. The lowest BCUT2D eigenvalue weighted by atomic mass is 9.76. The molecule has 3 aliphatic rings. The second-order valence-corrected chi connectivity index (χ2v) is 9.24. The lowest BCUT2D eigenvalue weighted by molar-refractivity contribution is -0.734. The van der Waals surface area contributed by atoms with Gasteiger partial charge in [-0.3, -0.25) is 19.3 Å². The van der Waals surface area contributed by atoms with Gasteiger partial charge in [0.2, 0.25) is 17.4 Å². The molecule has 0 aromatic heterocycles. The van der Waals surface area contributed by atoms with Crippen LogP contribution in [0.15, 0.2) is 36.9 Å². The van der Waals surface area contributed by atoms with Crippen molar-refractivity contribution in [1.82, 2.24) is 4.90 Å². The quantitative estimate of drug-likeness (QED) is 0.550. The Morgan fingerprint density at radius 2 is 1.90 bits per heavy atom. The Labute approximate surface area is 178 Å². The first-order valence-corrected chi connectivity index (χ1v) is 11.1. The molecule has 3 aliphatic heterocycles. The Morgan fingerprint density at radius 3 is 2.57 bits per heavy atom. The maximum absolute atomic E-state index is 13.9. The van der Waals surface area contributed by atoms with Gasteiger partial charge in [0.25, 0.3) is 5.91 Å². The Balaban J connectivity index is 1.85. The van der Waals surface area contributed by atoms with Crippen LogP contribution in [0.1, 0.15) is 45.6 Å². The number of quaternary nitrogens is 1. The van der Waals surface area contributed by atoms with Crippen molar-refractivity contribution < 1.29 is 19.7 Å². The summed E-state index contributed by atoms with van der Waals surface area (Å²) in [6, 6.07) is 7.63. The summed E-state index contributed by atoms with van der Waals surface area (Å²) in [5.41, 5.74) is 0.629. The molecular formula is C24H32N3O3+. The van der Waals surface area contributed by atoms with E-state index in [1.807, 2.05) is 31.2 Å². The molecule has 1 spiro atoms. The SMILES string of the molecule is C=CCN1C(=O)[C@@]2([NH2+][C@@H](CC(C)C)[C@H]3C(=O)N(CCCC)C(=O)[C@H]32)c2ccccc21. The van der Waals surface area contributed by atoms with Crippen LogP contribution in [0, 0.1) is 17.8 Å². The third kappa shape index (κ3) is 2.77. The highest BCUT2D eigenvalue weighted by Crippen LogP contribution is 2.51. The van der Waals surface area contributed by atoms with Gasteiger partial charge in [-0.15, -0.1) is 6.58 Å². The van der Waals surface area contributed by atoms with Gasteiger partial charge >= 0.3 is 0 Å². The van der Waals surface area contributed by atoms with E-state index < -0.39 is 17.4 Å². The van der Waals surface area contributed by atoms with E-state index in [0.29, 0.717) is 19.0 Å². The molecule has 160 valence electrons. The van der Waals surface area contributed by atoms with Gasteiger partial charge in [-0.05, 0) is 18.4 Å². The molecule has 3 heterocycles. The Kier molecular flexibility index (Phi) is 5.30. The number of carbonyl (C=O) groups excluding carboxylic acids is 3. The van der Waals surface area contributed by atoms with Gasteiger partial charge in [-0.2, -0.15) is 0 Å². The van der Waals surface area contributed by atoms with E-state index in [1.165, 1.54) is 4.90 Å². The van der Waals surface area contributed by atoms with Crippen LogP contribution < -0.4 is 10.2 Å². The lowest BCUT2D eigenvalue weighted by Crippen LogP contribution is -2.99. The van der Waals surface area contributed by atoms with Crippen LogP contribution in [0.5, 0.6) is 0 Å². The molecule has 2 fully saturated rings. The number of benzene rings is 1. The molecule has 0 unspecified atom stereocenters. The zero-order chi connectivity index (χ0) is 21.6. The second kappa shape index (κ2) is 7.65. The molecule has 4 atom stereocenters. The zero-order valence-electron chi connectivity index (χ0n) is 18.1. The number of hydrogen-bond donors (Lipinski definition) is 1. The number of unbranched alkanes of at least 4 members (excludes halogenated alkanes) is 1. The van der Waals surface area contributed by atoms with E-state index >= 15 is 0 Å². The molecule has 0 saturated carbocycles. The summed E-state index contributed by atoms with van der Waals surface area (Å²) in [5.74, 6) is -1.09. The molecular weight excluding hydrogens is 378 g/mol. The highest BCUT2D eigenvalue weighted by molar-refractivity contribution is 6.14. The zero-order valence-corrected chi connectivity index (χ0v) is 18.1. The number of para-hydroxylation sites is 1. The van der Waals surface area contributed by atoms with Crippen LogP contribution in [-0.4, -0.2) is 41.8 Å². The van der Waals surface area contributed by atoms with E-state index in [2.05, 4.69) is 25.7 Å². The molecule has 4 rings (SSSR count). The number of rotatable bonds is 7. The van der Waals surface area contributed by atoms with Crippen LogP contribution in [-0.2, 0) is 19.9 Å². The number of amides is 3. The third-order valence-electron chi connectivity index (χ3n) is 6.90. The highest BCUT2D eigenvalue weighted by atomic mass is 16.2. The van der Waals surface area contributed by atoms with Crippen molar-refractivity contribution in [3.8, 4) is 0 Å². The van der Waals surface area contributed by atoms with Crippen molar-refractivity contribution in [2.75, 3.05) is 18.0 Å². The third-order valence-corrected chi connectivity index (χ3v) is 6.90. The number of nitrogens with two attached hydrogens (primary N) is 1. The van der Waals surface area contributed by atoms with Crippen molar-refractivity contribution in [2.45, 2.75) is 51.6 Å². The summed E-state index contributed by atoms with van der Waals surface area (Å²) in [6.45, 7) is 10.9. The van der Waals surface area contributed by atoms with E-state index in [4.69, 9.17) is 0 Å². The van der Waals surface area contributed by atoms with Gasteiger partial charge < -0.3 is 10.2 Å². The van der Waals surface area contributed by atoms with Crippen LogP contribution >= 0.6 is 0 Å². The predicted molar refractivity (Wildman–Crippen MR) is 114 cm³/mol. The molecule has 30 heavy (non-hydrogen) atoms. The topological polar surface area (TPSA) is 74.3 Å². The summed E-state index contributed by atoms with van der Waals surface area (Å²) < 4.78 is 0. The van der Waals surface area contributed by atoms with Crippen molar-refractivity contribution >= 4 is 23.4 Å². The molecule has 0 aliphatic carbocycles. The Hall–Kier alpha value is -2.47. The minimum atomic E-state index is -1.06. The summed E-state index contributed by atoms with van der Waals surface area (Å²) in [5, 5.41) is 2.06. The maximum Gasteiger partial charge on any atom is 0.294 e. The summed E-state index contributed by atoms with van der Waals surface area (Å²) in [6.07, 6.45) is 4.20. The molecule has 3 amide bonds. The second-order valence-electron chi connectivity index (χ2n) is 9.24. The maximum atomic E-state index is 13.9. The van der Waals surface area contributed by atoms with Crippen LogP contribution in [0.4, 0.5) is 5.69 Å². The lowest BCUT2D eigenvalue weighted by Gasteiger charge is -2.27. The number of likely N-dealkylation sites (tertiary alicyclic amines) is 1. The van der Waals surface area contributed by atoms with Gasteiger partial charge in [0.15, 0.2) is 0 Å². The molecule has 6 nitrogen and oxygen atoms in total. The Bertz CT molecular complexity index is 895. The predicted octanol–water partition coefficient (Wildman–Crippen LogP) is 1.81. The van der Waals surface area contributed by atoms with Gasteiger partial charge in [0.1, 0.15) is 17.9 Å². The summed E-state index contributed by atoms with van der Waals surface area (Å²) in [7, 11) is 0. The van der Waals surface area contributed by atoms with Gasteiger partial charge in [0, 0.05) is 25.1 Å². The monoisotopic (exact) mass is 410 g/mol. The van der Waals surface area contributed by atoms with Crippen molar-refractivity contribution in [3.63, 3.8) is 0 Å². The fourth-order valence-corrected chi connectivity index (χ4v) is 5.78. The Morgan fingerprint density at radius 1 is 1.17 bits per heavy atom. The molecule has 0 radical (unpaired) electrons. The minimum Gasteiger partial charge on any atom is -0.326 e. The molecule has 6 heteroatoms. The molecule has 2 saturated heterocycles. The number of anilines is 1. The first-order chi connectivity index (χ1) is 14.4. The van der Waals surface area contributed by atoms with E-state index in [9.17, 15) is 14.4 Å². The summed E-state index contributed by atoms with van der Waals surface area (Å²) in [4.78, 5) is 44.1. The first-order valence-electron chi connectivity index (χ1n) is 11.1. The van der Waals surface area contributed by atoms with Gasteiger partial charge in [-0.25, -0.2) is 0 Å². The normalized spacial score (nSPS) is 30.0. The molecule has 2 N–H and O–H groups in total. The minimum absolute atomic E-state index is 0.0845. The number of hydrogen-bond acceptors (Lipinski definition) is 3. The number of nitrogens with zero attached hydrogens (tertiary/aromatic N) is 2. The van der Waals surface area contributed by atoms with E-state index in [1.54, 1.807) is 11.0 Å². The van der Waals surface area contributed by atoms with Crippen molar-refractivity contribution in [3.05, 3.63) is 42.5 Å². The van der Waals surface area contributed by atoms with Gasteiger partial charge in [-0.1, -0.05) is 51.5 Å². The van der Waals surface area contributed by atoms with Crippen LogP contribution in [0.3, 0.4) is 0 Å². The van der Waals surface area contributed by atoms with E-state index in [-0.39, 0.29) is 23.8 Å². The van der Waals surface area contributed by atoms with Crippen molar-refractivity contribution in [2.24, 2.45) is 17.8 Å².